The van der Waals surface area contributed by atoms with Crippen molar-refractivity contribution in [1.29, 1.82) is 0 Å². The lowest BCUT2D eigenvalue weighted by Gasteiger charge is -2.19. The fourth-order valence-electron chi connectivity index (χ4n) is 1.47. The van der Waals surface area contributed by atoms with Crippen molar-refractivity contribution in [3.8, 4) is 0 Å². The van der Waals surface area contributed by atoms with E-state index in [-0.39, 0.29) is 24.3 Å². The van der Waals surface area contributed by atoms with Gasteiger partial charge in [0, 0.05) is 13.0 Å². The molecule has 0 atom stereocenters. The van der Waals surface area contributed by atoms with Gasteiger partial charge in [-0.1, -0.05) is 12.2 Å². The third kappa shape index (κ3) is 2.58. The van der Waals surface area contributed by atoms with Crippen molar-refractivity contribution in [3.05, 3.63) is 12.2 Å². The lowest BCUT2D eigenvalue weighted by Crippen LogP contribution is -2.36. The molecule has 0 N–H and O–H groups in total. The minimum atomic E-state index is -0.383. The molecule has 1 aliphatic carbocycles. The Kier molecular flexibility index (Phi) is 3.68. The van der Waals surface area contributed by atoms with Gasteiger partial charge in [-0.2, -0.15) is 0 Å². The van der Waals surface area contributed by atoms with E-state index in [1.165, 1.54) is 12.0 Å². The van der Waals surface area contributed by atoms with E-state index >= 15 is 0 Å². The van der Waals surface area contributed by atoms with Crippen LogP contribution in [0.15, 0.2) is 12.2 Å². The molecule has 0 saturated heterocycles. The summed E-state index contributed by atoms with van der Waals surface area (Å²) in [4.78, 5) is 24.0. The zero-order valence-electron chi connectivity index (χ0n) is 8.53. The van der Waals surface area contributed by atoms with E-state index in [0.29, 0.717) is 0 Å². The van der Waals surface area contributed by atoms with Crippen LogP contribution in [0.25, 0.3) is 0 Å². The third-order valence-electron chi connectivity index (χ3n) is 2.33. The molecule has 1 aliphatic rings. The predicted molar refractivity (Wildman–Crippen MR) is 51.5 cm³/mol. The Balaban J connectivity index is 2.40. The van der Waals surface area contributed by atoms with E-state index in [2.05, 4.69) is 4.74 Å². The van der Waals surface area contributed by atoms with Gasteiger partial charge < -0.3 is 9.64 Å². The fraction of sp³-hybridized carbons (Fsp3) is 0.600. The highest BCUT2D eigenvalue weighted by atomic mass is 16.5. The number of carbonyl (C=O) groups excluding carboxylic acids is 2. The first-order valence-corrected chi connectivity index (χ1v) is 4.62. The number of esters is 1. The van der Waals surface area contributed by atoms with Crippen LogP contribution in [0.5, 0.6) is 0 Å². The number of hydrogen-bond acceptors (Lipinski definition) is 3. The lowest BCUT2D eigenvalue weighted by molar-refractivity contribution is -0.147. The average Bonchev–Trinajstić information content (AvgIpc) is 2.69. The number of allylic oxidation sites excluding steroid dienone is 2. The predicted octanol–water partition coefficient (Wildman–Crippen LogP) is 0.584. The Morgan fingerprint density at radius 2 is 2.00 bits per heavy atom. The van der Waals surface area contributed by atoms with E-state index in [1.54, 1.807) is 7.05 Å². The van der Waals surface area contributed by atoms with Gasteiger partial charge in [0.25, 0.3) is 0 Å². The van der Waals surface area contributed by atoms with Crippen LogP contribution in [-0.4, -0.2) is 37.5 Å². The molecule has 4 nitrogen and oxygen atoms in total. The largest absolute Gasteiger partial charge is 0.468 e. The summed E-state index contributed by atoms with van der Waals surface area (Å²) in [5.74, 6) is -0.350. The first kappa shape index (κ1) is 10.8. The summed E-state index contributed by atoms with van der Waals surface area (Å²) >= 11 is 0. The van der Waals surface area contributed by atoms with Gasteiger partial charge in [-0.05, 0) is 12.8 Å². The van der Waals surface area contributed by atoms with E-state index in [4.69, 9.17) is 0 Å². The normalized spacial score (nSPS) is 15.6. The minimum Gasteiger partial charge on any atom is -0.468 e. The summed E-state index contributed by atoms with van der Waals surface area (Å²) < 4.78 is 4.49. The summed E-state index contributed by atoms with van der Waals surface area (Å²) in [5, 5.41) is 0. The lowest BCUT2D eigenvalue weighted by atomic mass is 10.1. The van der Waals surface area contributed by atoms with Crippen molar-refractivity contribution in [2.24, 2.45) is 5.92 Å². The fourth-order valence-corrected chi connectivity index (χ4v) is 1.47. The standard InChI is InChI=1S/C10H15NO3/c1-11(7-9(12)14-2)10(13)8-5-3-4-6-8/h3-4,8H,5-7H2,1-2H3. The number of methoxy groups -OCH3 is 1. The molecule has 0 aromatic carbocycles. The van der Waals surface area contributed by atoms with Gasteiger partial charge >= 0.3 is 5.97 Å². The molecule has 0 bridgehead atoms. The molecule has 1 amide bonds. The number of ether oxygens (including phenoxy) is 1. The van der Waals surface area contributed by atoms with Crippen LogP contribution in [0, 0.1) is 5.92 Å². The Labute approximate surface area is 83.5 Å². The van der Waals surface area contributed by atoms with Crippen LogP contribution in [0.3, 0.4) is 0 Å². The maximum Gasteiger partial charge on any atom is 0.325 e. The van der Waals surface area contributed by atoms with Crippen molar-refractivity contribution < 1.29 is 14.3 Å². The zero-order valence-corrected chi connectivity index (χ0v) is 8.53. The molecule has 0 saturated carbocycles. The summed E-state index contributed by atoms with van der Waals surface area (Å²) in [6.07, 6.45) is 5.55. The zero-order chi connectivity index (χ0) is 10.6. The molecule has 0 aromatic heterocycles. The molecule has 0 fully saturated rings. The molecule has 0 radical (unpaired) electrons. The van der Waals surface area contributed by atoms with E-state index in [9.17, 15) is 9.59 Å². The third-order valence-corrected chi connectivity index (χ3v) is 2.33. The molecule has 0 unspecified atom stereocenters. The molecule has 4 heteroatoms. The number of likely N-dealkylation sites (N-methyl/N-ethyl adjacent to an activating group) is 1. The van der Waals surface area contributed by atoms with Gasteiger partial charge in [0.05, 0.1) is 7.11 Å². The van der Waals surface area contributed by atoms with Crippen molar-refractivity contribution >= 4 is 11.9 Å². The number of hydrogen-bond donors (Lipinski definition) is 0. The topological polar surface area (TPSA) is 46.6 Å². The molecule has 0 aliphatic heterocycles. The molecule has 14 heavy (non-hydrogen) atoms. The maximum atomic E-state index is 11.7. The van der Waals surface area contributed by atoms with Gasteiger partial charge in [-0.15, -0.1) is 0 Å². The summed E-state index contributed by atoms with van der Waals surface area (Å²) in [5.41, 5.74) is 0. The van der Waals surface area contributed by atoms with E-state index in [1.807, 2.05) is 12.2 Å². The highest BCUT2D eigenvalue weighted by molar-refractivity contribution is 5.83. The highest BCUT2D eigenvalue weighted by Crippen LogP contribution is 2.19. The first-order chi connectivity index (χ1) is 6.65. The quantitative estimate of drug-likeness (QED) is 0.491. The van der Waals surface area contributed by atoms with Crippen LogP contribution in [0.4, 0.5) is 0 Å². The van der Waals surface area contributed by atoms with Crippen molar-refractivity contribution in [2.45, 2.75) is 12.8 Å². The van der Waals surface area contributed by atoms with Crippen molar-refractivity contribution in [1.82, 2.24) is 4.90 Å². The monoisotopic (exact) mass is 197 g/mol. The van der Waals surface area contributed by atoms with Gasteiger partial charge in [-0.3, -0.25) is 9.59 Å². The van der Waals surface area contributed by atoms with Crippen molar-refractivity contribution in [2.75, 3.05) is 20.7 Å². The maximum absolute atomic E-state index is 11.7. The summed E-state index contributed by atoms with van der Waals surface area (Å²) in [6, 6.07) is 0. The van der Waals surface area contributed by atoms with Crippen LogP contribution in [-0.2, 0) is 14.3 Å². The Bertz CT molecular complexity index is 252. The highest BCUT2D eigenvalue weighted by Gasteiger charge is 2.23. The smallest absolute Gasteiger partial charge is 0.325 e. The summed E-state index contributed by atoms with van der Waals surface area (Å²) in [6.45, 7) is 0.0336. The second-order valence-electron chi connectivity index (χ2n) is 3.41. The second kappa shape index (κ2) is 4.79. The number of carbonyl (C=O) groups is 2. The molecule has 0 spiro atoms. The van der Waals surface area contributed by atoms with Gasteiger partial charge in [-0.25, -0.2) is 0 Å². The van der Waals surface area contributed by atoms with Crippen molar-refractivity contribution in [3.63, 3.8) is 0 Å². The summed E-state index contributed by atoms with van der Waals surface area (Å²) in [7, 11) is 2.94. The van der Waals surface area contributed by atoms with Gasteiger partial charge in [0.1, 0.15) is 6.54 Å². The van der Waals surface area contributed by atoms with Gasteiger partial charge in [0.2, 0.25) is 5.91 Å². The van der Waals surface area contributed by atoms with Crippen LogP contribution in [0.1, 0.15) is 12.8 Å². The Hall–Kier alpha value is -1.32. The number of amides is 1. The SMILES string of the molecule is COC(=O)CN(C)C(=O)C1CC=CC1. The van der Waals surface area contributed by atoms with Crippen LogP contribution < -0.4 is 0 Å². The average molecular weight is 197 g/mol. The molecule has 0 heterocycles. The van der Waals surface area contributed by atoms with E-state index in [0.717, 1.165) is 12.8 Å². The van der Waals surface area contributed by atoms with Gasteiger partial charge in [0.15, 0.2) is 0 Å². The molecule has 0 aromatic rings. The minimum absolute atomic E-state index is 0.0143. The molecular weight excluding hydrogens is 182 g/mol. The second-order valence-corrected chi connectivity index (χ2v) is 3.41. The molecular formula is C10H15NO3. The molecule has 1 rings (SSSR count). The Morgan fingerprint density at radius 1 is 1.43 bits per heavy atom. The first-order valence-electron chi connectivity index (χ1n) is 4.62. The Morgan fingerprint density at radius 3 is 2.50 bits per heavy atom. The molecule has 78 valence electrons. The van der Waals surface area contributed by atoms with Crippen LogP contribution >= 0.6 is 0 Å². The van der Waals surface area contributed by atoms with E-state index < -0.39 is 0 Å². The number of nitrogens with zero attached hydrogens (tertiary/aromatic N) is 1. The number of rotatable bonds is 3. The van der Waals surface area contributed by atoms with Crippen LogP contribution in [0.2, 0.25) is 0 Å².